The number of carboxylic acid groups (broad SMARTS) is 1. The maximum atomic E-state index is 11.7. The first kappa shape index (κ1) is 14.9. The second-order valence-electron chi connectivity index (χ2n) is 4.79. The lowest BCUT2D eigenvalue weighted by Gasteiger charge is -2.17. The Labute approximate surface area is 123 Å². The number of methoxy groups -OCH3 is 2. The van der Waals surface area contributed by atoms with Gasteiger partial charge in [-0.15, -0.1) is 0 Å². The van der Waals surface area contributed by atoms with Crippen LogP contribution in [0, 0.1) is 6.92 Å². The normalized spacial score (nSPS) is 11.8. The minimum Gasteiger partial charge on any atom is -0.497 e. The fourth-order valence-corrected chi connectivity index (χ4v) is 2.27. The van der Waals surface area contributed by atoms with E-state index >= 15 is 0 Å². The second-order valence-corrected chi connectivity index (χ2v) is 4.79. The van der Waals surface area contributed by atoms with Crippen LogP contribution in [-0.2, 0) is 4.79 Å². The molecule has 0 aliphatic heterocycles. The molecular formula is C17H18O4. The molecule has 110 valence electrons. The maximum absolute atomic E-state index is 11.7. The monoisotopic (exact) mass is 286 g/mol. The maximum Gasteiger partial charge on any atom is 0.315 e. The second kappa shape index (κ2) is 6.31. The summed E-state index contributed by atoms with van der Waals surface area (Å²) in [7, 11) is 3.08. The molecule has 0 saturated heterocycles. The van der Waals surface area contributed by atoms with E-state index in [1.807, 2.05) is 31.2 Å². The van der Waals surface area contributed by atoms with Crippen molar-refractivity contribution in [2.75, 3.05) is 14.2 Å². The largest absolute Gasteiger partial charge is 0.497 e. The zero-order valence-corrected chi connectivity index (χ0v) is 12.3. The van der Waals surface area contributed by atoms with Crippen molar-refractivity contribution in [1.82, 2.24) is 0 Å². The van der Waals surface area contributed by atoms with E-state index in [1.165, 1.54) is 7.11 Å². The van der Waals surface area contributed by atoms with Crippen LogP contribution in [0.2, 0.25) is 0 Å². The first-order valence-corrected chi connectivity index (χ1v) is 6.58. The van der Waals surface area contributed by atoms with Crippen LogP contribution in [0.5, 0.6) is 11.5 Å². The third kappa shape index (κ3) is 3.16. The van der Waals surface area contributed by atoms with Gasteiger partial charge in [0.05, 0.1) is 14.2 Å². The fourth-order valence-electron chi connectivity index (χ4n) is 2.27. The Morgan fingerprint density at radius 2 is 1.71 bits per heavy atom. The van der Waals surface area contributed by atoms with Gasteiger partial charge in [0.15, 0.2) is 0 Å². The van der Waals surface area contributed by atoms with E-state index in [1.54, 1.807) is 25.3 Å². The highest BCUT2D eigenvalue weighted by molar-refractivity contribution is 5.81. The van der Waals surface area contributed by atoms with Crippen LogP contribution in [0.1, 0.15) is 22.6 Å². The van der Waals surface area contributed by atoms with Gasteiger partial charge in [-0.05, 0) is 18.6 Å². The van der Waals surface area contributed by atoms with E-state index in [4.69, 9.17) is 9.47 Å². The Morgan fingerprint density at radius 1 is 1.05 bits per heavy atom. The Hall–Kier alpha value is -2.49. The molecule has 0 aliphatic rings. The van der Waals surface area contributed by atoms with Crippen LogP contribution in [0.3, 0.4) is 0 Å². The van der Waals surface area contributed by atoms with Gasteiger partial charge in [0.1, 0.15) is 17.4 Å². The van der Waals surface area contributed by atoms with Gasteiger partial charge in [-0.1, -0.05) is 35.9 Å². The number of benzene rings is 2. The molecule has 2 aromatic carbocycles. The molecule has 0 amide bonds. The number of aliphatic carboxylic acids is 1. The average Bonchev–Trinajstić information content (AvgIpc) is 2.49. The quantitative estimate of drug-likeness (QED) is 0.917. The summed E-state index contributed by atoms with van der Waals surface area (Å²) in [6, 6.07) is 12.6. The van der Waals surface area contributed by atoms with E-state index in [9.17, 15) is 9.90 Å². The standard InChI is InChI=1S/C17H18O4/c1-11-4-6-12(7-5-11)16(17(18)19)14-9-8-13(20-2)10-15(14)21-3/h4-10,16H,1-3H3,(H,18,19). The van der Waals surface area contributed by atoms with Gasteiger partial charge in [0.25, 0.3) is 0 Å². The first-order valence-electron chi connectivity index (χ1n) is 6.58. The summed E-state index contributed by atoms with van der Waals surface area (Å²) in [5.41, 5.74) is 2.41. The van der Waals surface area contributed by atoms with Crippen molar-refractivity contribution in [2.24, 2.45) is 0 Å². The van der Waals surface area contributed by atoms with Crippen LogP contribution in [0.25, 0.3) is 0 Å². The summed E-state index contributed by atoms with van der Waals surface area (Å²) in [4.78, 5) is 11.7. The Kier molecular flexibility index (Phi) is 4.48. The van der Waals surface area contributed by atoms with Gasteiger partial charge < -0.3 is 14.6 Å². The highest BCUT2D eigenvalue weighted by atomic mass is 16.5. The molecule has 4 nitrogen and oxygen atoms in total. The number of hydrogen-bond donors (Lipinski definition) is 1. The van der Waals surface area contributed by atoms with Gasteiger partial charge >= 0.3 is 5.97 Å². The smallest absolute Gasteiger partial charge is 0.315 e. The summed E-state index contributed by atoms with van der Waals surface area (Å²) in [5.74, 6) is -0.556. The van der Waals surface area contributed by atoms with Crippen LogP contribution >= 0.6 is 0 Å². The third-order valence-corrected chi connectivity index (χ3v) is 3.41. The molecule has 0 fully saturated rings. The summed E-state index contributed by atoms with van der Waals surface area (Å²) >= 11 is 0. The van der Waals surface area contributed by atoms with Crippen molar-refractivity contribution in [3.05, 3.63) is 59.2 Å². The van der Waals surface area contributed by atoms with Gasteiger partial charge in [-0.25, -0.2) is 0 Å². The number of hydrogen-bond acceptors (Lipinski definition) is 3. The Balaban J connectivity index is 2.52. The topological polar surface area (TPSA) is 55.8 Å². The van der Waals surface area contributed by atoms with E-state index in [0.717, 1.165) is 11.1 Å². The number of rotatable bonds is 5. The first-order chi connectivity index (χ1) is 10.1. The summed E-state index contributed by atoms with van der Waals surface area (Å²) in [6.45, 7) is 1.97. The summed E-state index contributed by atoms with van der Waals surface area (Å²) in [5, 5.41) is 9.61. The number of carboxylic acids is 1. The molecule has 1 N–H and O–H groups in total. The van der Waals surface area contributed by atoms with Crippen molar-refractivity contribution in [2.45, 2.75) is 12.8 Å². The number of carbonyl (C=O) groups is 1. The molecule has 2 aromatic rings. The van der Waals surface area contributed by atoms with E-state index < -0.39 is 11.9 Å². The zero-order chi connectivity index (χ0) is 15.4. The average molecular weight is 286 g/mol. The third-order valence-electron chi connectivity index (χ3n) is 3.41. The van der Waals surface area contributed by atoms with Crippen LogP contribution in [0.4, 0.5) is 0 Å². The number of aryl methyl sites for hydroxylation is 1. The predicted octanol–water partition coefficient (Wildman–Crippen LogP) is 3.23. The summed E-state index contributed by atoms with van der Waals surface area (Å²) < 4.78 is 10.5. The molecule has 4 heteroatoms. The van der Waals surface area contributed by atoms with Crippen molar-refractivity contribution in [3.8, 4) is 11.5 Å². The van der Waals surface area contributed by atoms with E-state index in [-0.39, 0.29) is 0 Å². The molecular weight excluding hydrogens is 268 g/mol. The van der Waals surface area contributed by atoms with Gasteiger partial charge in [0, 0.05) is 11.6 Å². The Morgan fingerprint density at radius 3 is 2.24 bits per heavy atom. The van der Waals surface area contributed by atoms with Crippen LogP contribution in [0.15, 0.2) is 42.5 Å². The van der Waals surface area contributed by atoms with Gasteiger partial charge in [-0.3, -0.25) is 4.79 Å². The minimum atomic E-state index is -0.915. The highest BCUT2D eigenvalue weighted by Gasteiger charge is 2.25. The molecule has 0 heterocycles. The molecule has 0 aliphatic carbocycles. The molecule has 1 atom stereocenters. The lowest BCUT2D eigenvalue weighted by molar-refractivity contribution is -0.137. The molecule has 0 bridgehead atoms. The summed E-state index contributed by atoms with van der Waals surface area (Å²) in [6.07, 6.45) is 0. The molecule has 0 saturated carbocycles. The molecule has 1 unspecified atom stereocenters. The van der Waals surface area contributed by atoms with Crippen molar-refractivity contribution in [1.29, 1.82) is 0 Å². The van der Waals surface area contributed by atoms with Gasteiger partial charge in [0.2, 0.25) is 0 Å². The van der Waals surface area contributed by atoms with Crippen LogP contribution < -0.4 is 9.47 Å². The highest BCUT2D eigenvalue weighted by Crippen LogP contribution is 2.34. The predicted molar refractivity (Wildman–Crippen MR) is 80.2 cm³/mol. The molecule has 0 spiro atoms. The van der Waals surface area contributed by atoms with Crippen molar-refractivity contribution in [3.63, 3.8) is 0 Å². The lowest BCUT2D eigenvalue weighted by Crippen LogP contribution is -2.14. The molecule has 2 rings (SSSR count). The van der Waals surface area contributed by atoms with Crippen molar-refractivity contribution < 1.29 is 19.4 Å². The van der Waals surface area contributed by atoms with Crippen LogP contribution in [-0.4, -0.2) is 25.3 Å². The number of ether oxygens (including phenoxy) is 2. The SMILES string of the molecule is COc1ccc(C(C(=O)O)c2ccc(C)cc2)c(OC)c1. The van der Waals surface area contributed by atoms with E-state index in [0.29, 0.717) is 17.1 Å². The molecule has 0 aromatic heterocycles. The fraction of sp³-hybridized carbons (Fsp3) is 0.235. The minimum absolute atomic E-state index is 0.502. The lowest BCUT2D eigenvalue weighted by atomic mass is 9.90. The van der Waals surface area contributed by atoms with E-state index in [2.05, 4.69) is 0 Å². The van der Waals surface area contributed by atoms with Crippen molar-refractivity contribution >= 4 is 5.97 Å². The zero-order valence-electron chi connectivity index (χ0n) is 12.3. The molecule has 0 radical (unpaired) electrons. The molecule has 21 heavy (non-hydrogen) atoms. The Bertz CT molecular complexity index is 632. The van der Waals surface area contributed by atoms with Gasteiger partial charge in [-0.2, -0.15) is 0 Å².